The molecule has 0 atom stereocenters. The molecule has 6 heteroatoms. The lowest BCUT2D eigenvalue weighted by Gasteiger charge is -2.08. The fourth-order valence-corrected chi connectivity index (χ4v) is 2.80. The number of rotatable bonds is 3. The molecule has 2 aromatic heterocycles. The van der Waals surface area contributed by atoms with Crippen LogP contribution in [0.2, 0.25) is 0 Å². The first-order chi connectivity index (χ1) is 12.6. The summed E-state index contributed by atoms with van der Waals surface area (Å²) < 4.78 is 1.71. The lowest BCUT2D eigenvalue weighted by molar-refractivity contribution is 0.102. The van der Waals surface area contributed by atoms with Gasteiger partial charge in [-0.2, -0.15) is 9.61 Å². The number of carbonyl (C=O) groups excluding carboxylic acids is 1. The molecule has 0 unspecified atom stereocenters. The van der Waals surface area contributed by atoms with Gasteiger partial charge in [0.2, 0.25) is 0 Å². The van der Waals surface area contributed by atoms with Crippen LogP contribution in [0.25, 0.3) is 16.9 Å². The molecule has 1 amide bonds. The molecule has 0 fully saturated rings. The Morgan fingerprint density at radius 1 is 0.923 bits per heavy atom. The van der Waals surface area contributed by atoms with Gasteiger partial charge in [0.15, 0.2) is 11.5 Å². The van der Waals surface area contributed by atoms with E-state index in [1.165, 1.54) is 0 Å². The molecule has 128 valence electrons. The lowest BCUT2D eigenvalue weighted by atomic mass is 10.1. The van der Waals surface area contributed by atoms with Crippen LogP contribution in [0.15, 0.2) is 60.7 Å². The van der Waals surface area contributed by atoms with E-state index in [0.717, 1.165) is 28.3 Å². The quantitative estimate of drug-likeness (QED) is 0.616. The third kappa shape index (κ3) is 2.93. The first kappa shape index (κ1) is 16.0. The van der Waals surface area contributed by atoms with E-state index < -0.39 is 0 Å². The summed E-state index contributed by atoms with van der Waals surface area (Å²) in [6.45, 7) is 3.79. The first-order valence-corrected chi connectivity index (χ1v) is 8.28. The Morgan fingerprint density at radius 2 is 1.69 bits per heavy atom. The van der Waals surface area contributed by atoms with Crippen molar-refractivity contribution in [1.29, 1.82) is 0 Å². The van der Waals surface area contributed by atoms with Gasteiger partial charge >= 0.3 is 0 Å². The molecule has 2 aromatic carbocycles. The third-order valence-electron chi connectivity index (χ3n) is 4.25. The number of fused-ring (bicyclic) bond motifs is 1. The minimum atomic E-state index is -0.115. The van der Waals surface area contributed by atoms with Crippen molar-refractivity contribution in [2.75, 3.05) is 5.32 Å². The van der Waals surface area contributed by atoms with E-state index >= 15 is 0 Å². The number of hydrogen-bond donors (Lipinski definition) is 1. The second-order valence-corrected chi connectivity index (χ2v) is 6.08. The van der Waals surface area contributed by atoms with Crippen LogP contribution in [0.4, 0.5) is 5.69 Å². The largest absolute Gasteiger partial charge is 0.322 e. The van der Waals surface area contributed by atoms with Crippen molar-refractivity contribution in [1.82, 2.24) is 19.8 Å². The first-order valence-electron chi connectivity index (χ1n) is 8.28. The van der Waals surface area contributed by atoms with Gasteiger partial charge in [0, 0.05) is 16.8 Å². The minimum Gasteiger partial charge on any atom is -0.322 e. The Balaban J connectivity index is 1.57. The van der Waals surface area contributed by atoms with E-state index in [1.807, 2.05) is 74.5 Å². The van der Waals surface area contributed by atoms with Gasteiger partial charge in [0.1, 0.15) is 0 Å². The van der Waals surface area contributed by atoms with Crippen LogP contribution in [-0.4, -0.2) is 25.7 Å². The smallest absolute Gasteiger partial charge is 0.255 e. The van der Waals surface area contributed by atoms with Gasteiger partial charge in [-0.1, -0.05) is 30.3 Å². The van der Waals surface area contributed by atoms with Crippen molar-refractivity contribution in [2.24, 2.45) is 0 Å². The standard InChI is InChI=1S/C20H17N5O/c1-13-5-3-4-6-17(13)20(26)21-16-9-7-15(8-10-16)18-11-12-19-23-22-14(2)25(19)24-18/h3-12H,1-2H3,(H,21,26). The van der Waals surface area contributed by atoms with Gasteiger partial charge in [-0.25, -0.2) is 0 Å². The van der Waals surface area contributed by atoms with E-state index in [1.54, 1.807) is 4.52 Å². The molecule has 0 saturated carbocycles. The molecular weight excluding hydrogens is 326 g/mol. The summed E-state index contributed by atoms with van der Waals surface area (Å²) in [5.41, 5.74) is 4.85. The molecule has 26 heavy (non-hydrogen) atoms. The molecule has 0 aliphatic rings. The monoisotopic (exact) mass is 343 g/mol. The third-order valence-corrected chi connectivity index (χ3v) is 4.25. The summed E-state index contributed by atoms with van der Waals surface area (Å²) in [5, 5.41) is 15.5. The zero-order valence-electron chi connectivity index (χ0n) is 14.5. The second-order valence-electron chi connectivity index (χ2n) is 6.08. The number of benzene rings is 2. The highest BCUT2D eigenvalue weighted by Gasteiger charge is 2.09. The number of nitrogens with zero attached hydrogens (tertiary/aromatic N) is 4. The molecule has 0 aliphatic heterocycles. The van der Waals surface area contributed by atoms with Crippen molar-refractivity contribution in [2.45, 2.75) is 13.8 Å². The topological polar surface area (TPSA) is 72.2 Å². The molecule has 4 rings (SSSR count). The number of aromatic nitrogens is 4. The normalized spacial score (nSPS) is 10.8. The fraction of sp³-hybridized carbons (Fsp3) is 0.100. The summed E-state index contributed by atoms with van der Waals surface area (Å²) in [4.78, 5) is 12.4. The fourth-order valence-electron chi connectivity index (χ4n) is 2.80. The van der Waals surface area contributed by atoms with E-state index in [2.05, 4.69) is 20.6 Å². The summed E-state index contributed by atoms with van der Waals surface area (Å²) in [5.74, 6) is 0.625. The average molecular weight is 343 g/mol. The Morgan fingerprint density at radius 3 is 2.46 bits per heavy atom. The molecule has 1 N–H and O–H groups in total. The van der Waals surface area contributed by atoms with Gasteiger partial charge in [-0.05, 0) is 49.7 Å². The van der Waals surface area contributed by atoms with Crippen LogP contribution >= 0.6 is 0 Å². The molecule has 0 radical (unpaired) electrons. The van der Waals surface area contributed by atoms with Crippen molar-refractivity contribution in [3.63, 3.8) is 0 Å². The van der Waals surface area contributed by atoms with Crippen LogP contribution in [0.5, 0.6) is 0 Å². The molecule has 2 heterocycles. The Hall–Kier alpha value is -3.54. The molecule has 0 spiro atoms. The minimum absolute atomic E-state index is 0.115. The number of hydrogen-bond acceptors (Lipinski definition) is 4. The van der Waals surface area contributed by atoms with Crippen LogP contribution in [0.3, 0.4) is 0 Å². The Bertz CT molecular complexity index is 1100. The SMILES string of the molecule is Cc1ccccc1C(=O)Nc1ccc(-c2ccc3nnc(C)n3n2)cc1. The van der Waals surface area contributed by atoms with E-state index in [9.17, 15) is 4.79 Å². The van der Waals surface area contributed by atoms with Gasteiger partial charge in [0.25, 0.3) is 5.91 Å². The highest BCUT2D eigenvalue weighted by atomic mass is 16.1. The summed E-state index contributed by atoms with van der Waals surface area (Å²) in [7, 11) is 0. The van der Waals surface area contributed by atoms with Crippen LogP contribution in [0.1, 0.15) is 21.7 Å². The zero-order valence-corrected chi connectivity index (χ0v) is 14.5. The zero-order chi connectivity index (χ0) is 18.1. The molecule has 4 aromatic rings. The maximum absolute atomic E-state index is 12.4. The summed E-state index contributed by atoms with van der Waals surface area (Å²) >= 11 is 0. The summed E-state index contributed by atoms with van der Waals surface area (Å²) in [6.07, 6.45) is 0. The van der Waals surface area contributed by atoms with Crippen molar-refractivity contribution in [3.05, 3.63) is 77.6 Å². The molecular formula is C20H17N5O. The molecule has 6 nitrogen and oxygen atoms in total. The molecule has 0 saturated heterocycles. The van der Waals surface area contributed by atoms with E-state index in [-0.39, 0.29) is 5.91 Å². The van der Waals surface area contributed by atoms with Gasteiger partial charge in [-0.3, -0.25) is 4.79 Å². The van der Waals surface area contributed by atoms with Crippen LogP contribution in [-0.2, 0) is 0 Å². The predicted molar refractivity (Wildman–Crippen MR) is 100 cm³/mol. The van der Waals surface area contributed by atoms with Gasteiger partial charge in [-0.15, -0.1) is 10.2 Å². The molecule has 0 bridgehead atoms. The maximum Gasteiger partial charge on any atom is 0.255 e. The second kappa shape index (κ2) is 6.40. The number of amides is 1. The Labute approximate surface area is 150 Å². The average Bonchev–Trinajstić information content (AvgIpc) is 3.03. The van der Waals surface area contributed by atoms with Gasteiger partial charge < -0.3 is 5.32 Å². The number of nitrogens with one attached hydrogen (secondary N) is 1. The van der Waals surface area contributed by atoms with Gasteiger partial charge in [0.05, 0.1) is 5.69 Å². The predicted octanol–water partition coefficient (Wildman–Crippen LogP) is 3.66. The van der Waals surface area contributed by atoms with E-state index in [4.69, 9.17) is 0 Å². The van der Waals surface area contributed by atoms with Crippen LogP contribution in [0, 0.1) is 13.8 Å². The highest BCUT2D eigenvalue weighted by molar-refractivity contribution is 6.05. The maximum atomic E-state index is 12.4. The molecule has 0 aliphatic carbocycles. The number of carbonyl (C=O) groups is 1. The number of aryl methyl sites for hydroxylation is 2. The number of anilines is 1. The van der Waals surface area contributed by atoms with Crippen molar-refractivity contribution in [3.8, 4) is 11.3 Å². The lowest BCUT2D eigenvalue weighted by Crippen LogP contribution is -2.13. The van der Waals surface area contributed by atoms with Crippen molar-refractivity contribution < 1.29 is 4.79 Å². The van der Waals surface area contributed by atoms with Crippen LogP contribution < -0.4 is 5.32 Å². The summed E-state index contributed by atoms with van der Waals surface area (Å²) in [6, 6.07) is 18.9. The van der Waals surface area contributed by atoms with E-state index in [0.29, 0.717) is 11.2 Å². The van der Waals surface area contributed by atoms with Crippen molar-refractivity contribution >= 4 is 17.2 Å². The Kier molecular flexibility index (Phi) is 3.93. The highest BCUT2D eigenvalue weighted by Crippen LogP contribution is 2.20.